The number of aromatic carboxylic acids is 1. The molecule has 0 aromatic carbocycles. The Balaban J connectivity index is 2.47. The number of carbonyl (C=O) groups is 2. The van der Waals surface area contributed by atoms with E-state index in [9.17, 15) is 9.59 Å². The molecule has 2 N–H and O–H groups in total. The van der Waals surface area contributed by atoms with Crippen LogP contribution in [0.25, 0.3) is 0 Å². The molecule has 0 spiro atoms. The highest BCUT2D eigenvalue weighted by atomic mass is 16.4. The van der Waals surface area contributed by atoms with Crippen LogP contribution in [0.15, 0.2) is 12.3 Å². The third-order valence-electron chi connectivity index (χ3n) is 2.60. The predicted octanol–water partition coefficient (Wildman–Crippen LogP) is 0.947. The van der Waals surface area contributed by atoms with E-state index in [1.807, 2.05) is 18.7 Å². The zero-order chi connectivity index (χ0) is 12.6. The zero-order valence-corrected chi connectivity index (χ0v) is 9.60. The van der Waals surface area contributed by atoms with Gasteiger partial charge in [0.15, 0.2) is 5.82 Å². The van der Waals surface area contributed by atoms with Gasteiger partial charge in [-0.25, -0.2) is 9.78 Å². The number of carboxylic acids is 1. The van der Waals surface area contributed by atoms with Gasteiger partial charge in [0.25, 0.3) is 0 Å². The Bertz CT molecular complexity index is 485. The first kappa shape index (κ1) is 11.4. The Morgan fingerprint density at radius 3 is 2.88 bits per heavy atom. The summed E-state index contributed by atoms with van der Waals surface area (Å²) in [6.45, 7) is 4.15. The van der Waals surface area contributed by atoms with Gasteiger partial charge in [0, 0.05) is 12.2 Å². The number of pyridine rings is 1. The van der Waals surface area contributed by atoms with Crippen LogP contribution in [0, 0.1) is 0 Å². The van der Waals surface area contributed by atoms with Gasteiger partial charge in [-0.1, -0.05) is 0 Å². The Morgan fingerprint density at radius 2 is 2.29 bits per heavy atom. The second-order valence-electron chi connectivity index (χ2n) is 4.17. The molecule has 1 aromatic rings. The van der Waals surface area contributed by atoms with E-state index in [0.717, 1.165) is 0 Å². The molecule has 17 heavy (non-hydrogen) atoms. The van der Waals surface area contributed by atoms with Crippen molar-refractivity contribution in [3.05, 3.63) is 17.8 Å². The third-order valence-corrected chi connectivity index (χ3v) is 2.60. The molecule has 0 fully saturated rings. The standard InChI is InChI=1S/C11H13N3O3/c1-6(2)14-5-9(15)13-8-3-7(11(16)17)4-12-10(8)14/h3-4,6H,5H2,1-2H3,(H,13,15)(H,16,17). The normalized spacial score (nSPS) is 14.5. The first-order chi connectivity index (χ1) is 7.99. The van der Waals surface area contributed by atoms with Gasteiger partial charge in [-0.2, -0.15) is 0 Å². The molecule has 0 unspecified atom stereocenters. The molecule has 0 bridgehead atoms. The molecule has 1 aromatic heterocycles. The monoisotopic (exact) mass is 235 g/mol. The lowest BCUT2D eigenvalue weighted by molar-refractivity contribution is -0.115. The summed E-state index contributed by atoms with van der Waals surface area (Å²) in [6.07, 6.45) is 1.30. The van der Waals surface area contributed by atoms with Gasteiger partial charge in [-0.3, -0.25) is 4.79 Å². The minimum absolute atomic E-state index is 0.0645. The second kappa shape index (κ2) is 4.04. The average Bonchev–Trinajstić information content (AvgIpc) is 2.26. The van der Waals surface area contributed by atoms with E-state index >= 15 is 0 Å². The van der Waals surface area contributed by atoms with Crippen LogP contribution in [0.1, 0.15) is 24.2 Å². The van der Waals surface area contributed by atoms with E-state index in [4.69, 9.17) is 5.11 Å². The molecule has 2 rings (SSSR count). The Labute approximate surface area is 98.3 Å². The van der Waals surface area contributed by atoms with E-state index in [1.54, 1.807) is 0 Å². The molecule has 0 radical (unpaired) electrons. The van der Waals surface area contributed by atoms with Crippen molar-refractivity contribution in [3.8, 4) is 0 Å². The van der Waals surface area contributed by atoms with Gasteiger partial charge >= 0.3 is 5.97 Å². The van der Waals surface area contributed by atoms with E-state index in [0.29, 0.717) is 11.5 Å². The number of fused-ring (bicyclic) bond motifs is 1. The minimum atomic E-state index is -1.06. The average molecular weight is 235 g/mol. The number of anilines is 2. The highest BCUT2D eigenvalue weighted by Crippen LogP contribution is 2.29. The maximum absolute atomic E-state index is 11.5. The number of hydrogen-bond donors (Lipinski definition) is 2. The lowest BCUT2D eigenvalue weighted by atomic mass is 10.2. The van der Waals surface area contributed by atoms with Gasteiger partial charge < -0.3 is 15.3 Å². The highest BCUT2D eigenvalue weighted by molar-refractivity contribution is 6.01. The molecule has 1 aliphatic heterocycles. The summed E-state index contributed by atoms with van der Waals surface area (Å²) in [4.78, 5) is 28.3. The highest BCUT2D eigenvalue weighted by Gasteiger charge is 2.25. The van der Waals surface area contributed by atoms with Crippen molar-refractivity contribution in [2.45, 2.75) is 19.9 Å². The molecule has 6 heteroatoms. The Kier molecular flexibility index (Phi) is 2.71. The van der Waals surface area contributed by atoms with E-state index < -0.39 is 5.97 Å². The summed E-state index contributed by atoms with van der Waals surface area (Å²) in [5.74, 6) is -0.601. The van der Waals surface area contributed by atoms with Crippen molar-refractivity contribution in [3.63, 3.8) is 0 Å². The van der Waals surface area contributed by atoms with Gasteiger partial charge in [-0.05, 0) is 19.9 Å². The summed E-state index contributed by atoms with van der Waals surface area (Å²) in [5.41, 5.74) is 0.518. The molecule has 0 saturated carbocycles. The number of carboxylic acid groups (broad SMARTS) is 1. The molecule has 2 heterocycles. The smallest absolute Gasteiger partial charge is 0.337 e. The van der Waals surface area contributed by atoms with E-state index in [-0.39, 0.29) is 24.1 Å². The van der Waals surface area contributed by atoms with Crippen LogP contribution in [0.2, 0.25) is 0 Å². The topological polar surface area (TPSA) is 82.5 Å². The first-order valence-electron chi connectivity index (χ1n) is 5.29. The molecule has 0 saturated heterocycles. The minimum Gasteiger partial charge on any atom is -0.478 e. The van der Waals surface area contributed by atoms with Crippen molar-refractivity contribution in [1.29, 1.82) is 0 Å². The lowest BCUT2D eigenvalue weighted by Gasteiger charge is -2.32. The fourth-order valence-electron chi connectivity index (χ4n) is 1.74. The molecular formula is C11H13N3O3. The molecular weight excluding hydrogens is 222 g/mol. The number of hydrogen-bond acceptors (Lipinski definition) is 4. The van der Waals surface area contributed by atoms with Crippen LogP contribution in [0.3, 0.4) is 0 Å². The fraction of sp³-hybridized carbons (Fsp3) is 0.364. The number of amides is 1. The fourth-order valence-corrected chi connectivity index (χ4v) is 1.74. The SMILES string of the molecule is CC(C)N1CC(=O)Nc2cc(C(=O)O)cnc21. The molecule has 1 aliphatic rings. The first-order valence-corrected chi connectivity index (χ1v) is 5.29. The largest absolute Gasteiger partial charge is 0.478 e. The molecule has 90 valence electrons. The Hall–Kier alpha value is -2.11. The van der Waals surface area contributed by atoms with Crippen molar-refractivity contribution in [2.24, 2.45) is 0 Å². The number of rotatable bonds is 2. The summed E-state index contributed by atoms with van der Waals surface area (Å²) < 4.78 is 0. The summed E-state index contributed by atoms with van der Waals surface area (Å²) in [6, 6.07) is 1.56. The van der Waals surface area contributed by atoms with Crippen LogP contribution >= 0.6 is 0 Å². The maximum atomic E-state index is 11.5. The summed E-state index contributed by atoms with van der Waals surface area (Å²) >= 11 is 0. The van der Waals surface area contributed by atoms with Crippen LogP contribution in [0.5, 0.6) is 0 Å². The van der Waals surface area contributed by atoms with Crippen LogP contribution in [-0.4, -0.2) is 34.6 Å². The number of nitrogens with zero attached hydrogens (tertiary/aromatic N) is 2. The van der Waals surface area contributed by atoms with Crippen LogP contribution in [-0.2, 0) is 4.79 Å². The maximum Gasteiger partial charge on any atom is 0.337 e. The number of aromatic nitrogens is 1. The van der Waals surface area contributed by atoms with Gasteiger partial charge in [0.1, 0.15) is 0 Å². The third kappa shape index (κ3) is 2.06. The Morgan fingerprint density at radius 1 is 1.59 bits per heavy atom. The second-order valence-corrected chi connectivity index (χ2v) is 4.17. The lowest BCUT2D eigenvalue weighted by Crippen LogP contribution is -2.42. The molecule has 0 aliphatic carbocycles. The van der Waals surface area contributed by atoms with Gasteiger partial charge in [0.2, 0.25) is 5.91 Å². The quantitative estimate of drug-likeness (QED) is 0.797. The van der Waals surface area contributed by atoms with Crippen molar-refractivity contribution in [2.75, 3.05) is 16.8 Å². The van der Waals surface area contributed by atoms with Gasteiger partial charge in [-0.15, -0.1) is 0 Å². The van der Waals surface area contributed by atoms with Crippen molar-refractivity contribution in [1.82, 2.24) is 4.98 Å². The zero-order valence-electron chi connectivity index (χ0n) is 9.60. The number of nitrogens with one attached hydrogen (secondary N) is 1. The molecule has 1 amide bonds. The van der Waals surface area contributed by atoms with Crippen LogP contribution < -0.4 is 10.2 Å². The van der Waals surface area contributed by atoms with E-state index in [2.05, 4.69) is 10.3 Å². The summed E-state index contributed by atoms with van der Waals surface area (Å²) in [5, 5.41) is 11.5. The van der Waals surface area contributed by atoms with Crippen molar-refractivity contribution < 1.29 is 14.7 Å². The molecule has 0 atom stereocenters. The molecule has 6 nitrogen and oxygen atoms in total. The summed E-state index contributed by atoms with van der Waals surface area (Å²) in [7, 11) is 0. The predicted molar refractivity (Wildman–Crippen MR) is 62.3 cm³/mol. The number of carbonyl (C=O) groups excluding carboxylic acids is 1. The van der Waals surface area contributed by atoms with Gasteiger partial charge in [0.05, 0.1) is 17.8 Å². The van der Waals surface area contributed by atoms with Crippen LogP contribution in [0.4, 0.5) is 11.5 Å². The van der Waals surface area contributed by atoms with Crippen molar-refractivity contribution >= 4 is 23.4 Å². The van der Waals surface area contributed by atoms with E-state index in [1.165, 1.54) is 12.3 Å².